The Hall–Kier alpha value is -4.37. The zero-order valence-electron chi connectivity index (χ0n) is 29.2. The van der Waals surface area contributed by atoms with Gasteiger partial charge in [-0.05, 0) is 74.4 Å². The molecule has 51 heavy (non-hydrogen) atoms. The molecule has 3 N–H and O–H groups in total. The van der Waals surface area contributed by atoms with E-state index >= 15 is 8.78 Å². The van der Waals surface area contributed by atoms with Crippen molar-refractivity contribution in [1.82, 2.24) is 20.2 Å². The summed E-state index contributed by atoms with van der Waals surface area (Å²) in [5.74, 6) is 1.37. The van der Waals surface area contributed by atoms with E-state index in [2.05, 4.69) is 22.8 Å². The van der Waals surface area contributed by atoms with Crippen LogP contribution in [0.2, 0.25) is 5.02 Å². The lowest BCUT2D eigenvalue weighted by Gasteiger charge is -2.34. The zero-order valence-corrected chi connectivity index (χ0v) is 30.0. The molecule has 0 saturated carbocycles. The molecule has 3 fully saturated rings. The molecule has 3 aromatic carbocycles. The molecule has 2 atom stereocenters. The molecule has 1 unspecified atom stereocenters. The molecule has 3 aliphatic rings. The van der Waals surface area contributed by atoms with E-state index in [0.717, 1.165) is 6.42 Å². The highest BCUT2D eigenvalue weighted by Crippen LogP contribution is 2.48. The minimum atomic E-state index is -1.66. The lowest BCUT2D eigenvalue weighted by molar-refractivity contribution is 0.108. The fourth-order valence-electron chi connectivity index (χ4n) is 7.79. The van der Waals surface area contributed by atoms with Crippen molar-refractivity contribution in [1.29, 1.82) is 0 Å². The average molecular weight is 721 g/mol. The van der Waals surface area contributed by atoms with Crippen LogP contribution in [0.3, 0.4) is 0 Å². The van der Waals surface area contributed by atoms with Gasteiger partial charge in [-0.15, -0.1) is 6.42 Å². The van der Waals surface area contributed by atoms with Crippen molar-refractivity contribution in [3.05, 3.63) is 70.3 Å². The number of piperazine rings is 1. The van der Waals surface area contributed by atoms with Crippen LogP contribution in [0.4, 0.5) is 29.1 Å². The topological polar surface area (TPSA) is 79.5 Å². The highest BCUT2D eigenvalue weighted by atomic mass is 35.5. The Balaban J connectivity index is 0.00000220. The van der Waals surface area contributed by atoms with Crippen LogP contribution in [-0.2, 0) is 0 Å². The minimum absolute atomic E-state index is 0.0253. The van der Waals surface area contributed by atoms with Crippen molar-refractivity contribution in [3.63, 3.8) is 0 Å². The second-order valence-electron chi connectivity index (χ2n) is 13.3. The number of nitrogens with zero attached hydrogens (tertiary/aromatic N) is 4. The first-order valence-corrected chi connectivity index (χ1v) is 17.6. The summed E-state index contributed by atoms with van der Waals surface area (Å²) in [7, 11) is 0. The maximum Gasteiger partial charge on any atom is 0.319 e. The molecule has 4 heterocycles. The Labute approximate surface area is 300 Å². The summed E-state index contributed by atoms with van der Waals surface area (Å²) in [6.07, 6.45) is 5.80. The van der Waals surface area contributed by atoms with Gasteiger partial charge in [0.25, 0.3) is 6.08 Å². The van der Waals surface area contributed by atoms with Gasteiger partial charge in [-0.25, -0.2) is 8.78 Å². The van der Waals surface area contributed by atoms with Crippen LogP contribution in [0, 0.1) is 24.0 Å². The Kier molecular flexibility index (Phi) is 10.2. The van der Waals surface area contributed by atoms with Crippen LogP contribution in [0.15, 0.2) is 42.5 Å². The van der Waals surface area contributed by atoms with Gasteiger partial charge in [0, 0.05) is 60.0 Å². The standard InChI is InChI=1S/C37H35ClF4N6O.C2H6/c1-5-24-26(39)8-7-21-13-23(43)14-25(28(21)24)29-31(38)27(19(2)3)30-33(32(29)40)45-36(46-35(30)47-12-10-44-20(4)16-47)49-18-37-9-6-11-48(37)17-22(15-37)34(41)42;1-2/h1,7-8,13-14,20,44H,2,6,9-12,15-18,43H2,3-4H3;1-2H3/t20-,37?;/m1./s1. The summed E-state index contributed by atoms with van der Waals surface area (Å²) in [5.41, 5.74) is 6.98. The van der Waals surface area contributed by atoms with E-state index < -0.39 is 23.3 Å². The van der Waals surface area contributed by atoms with Gasteiger partial charge in [0.05, 0.1) is 21.5 Å². The fraction of sp³-hybridized carbons (Fsp3) is 0.385. The Morgan fingerprint density at radius 3 is 2.65 bits per heavy atom. The normalized spacial score (nSPS) is 20.3. The number of halogens is 5. The number of nitrogens with two attached hydrogens (primary N) is 1. The van der Waals surface area contributed by atoms with Gasteiger partial charge in [-0.3, -0.25) is 4.90 Å². The molecule has 7 rings (SSSR count). The van der Waals surface area contributed by atoms with Gasteiger partial charge in [-0.2, -0.15) is 18.7 Å². The third kappa shape index (κ3) is 6.39. The van der Waals surface area contributed by atoms with Crippen LogP contribution < -0.4 is 20.7 Å². The van der Waals surface area contributed by atoms with E-state index in [9.17, 15) is 8.78 Å². The lowest BCUT2D eigenvalue weighted by atomic mass is 9.90. The molecule has 3 saturated heterocycles. The number of allylic oxidation sites excluding steroid dienone is 1. The predicted molar refractivity (Wildman–Crippen MR) is 198 cm³/mol. The molecule has 7 nitrogen and oxygen atoms in total. The van der Waals surface area contributed by atoms with Gasteiger partial charge in [0.1, 0.15) is 23.8 Å². The molecule has 0 spiro atoms. The summed E-state index contributed by atoms with van der Waals surface area (Å²) in [6, 6.07) is 5.92. The highest BCUT2D eigenvalue weighted by molar-refractivity contribution is 6.37. The Bertz CT molecular complexity index is 2130. The van der Waals surface area contributed by atoms with E-state index in [0.29, 0.717) is 66.0 Å². The Morgan fingerprint density at radius 1 is 1.20 bits per heavy atom. The van der Waals surface area contributed by atoms with E-state index in [4.69, 9.17) is 33.5 Å². The number of rotatable bonds is 6. The number of aromatic nitrogens is 2. The first kappa shape index (κ1) is 36.4. The van der Waals surface area contributed by atoms with Crippen LogP contribution in [0.1, 0.15) is 58.1 Å². The quantitative estimate of drug-likeness (QED) is 0.117. The van der Waals surface area contributed by atoms with Gasteiger partial charge < -0.3 is 20.7 Å². The zero-order chi connectivity index (χ0) is 36.8. The third-order valence-corrected chi connectivity index (χ3v) is 10.4. The SMILES string of the molecule is C#Cc1c(F)ccc2cc(N)cc(-c3c(Cl)c(C(=C)C)c4c(N5CCN[C@H](C)C5)nc(OCC56CCCN5CC(=C(F)F)C6)nc4c3F)c12.CC. The molecule has 0 aliphatic carbocycles. The summed E-state index contributed by atoms with van der Waals surface area (Å²) >= 11 is 7.16. The first-order valence-electron chi connectivity index (χ1n) is 17.2. The van der Waals surface area contributed by atoms with Crippen LogP contribution in [-0.4, -0.2) is 65.8 Å². The minimum Gasteiger partial charge on any atom is -0.461 e. The number of nitrogen functional groups attached to an aromatic ring is 1. The summed E-state index contributed by atoms with van der Waals surface area (Å²) < 4.78 is 66.1. The van der Waals surface area contributed by atoms with Gasteiger partial charge >= 0.3 is 6.01 Å². The molecule has 12 heteroatoms. The smallest absolute Gasteiger partial charge is 0.319 e. The number of fused-ring (bicyclic) bond motifs is 3. The molecule has 268 valence electrons. The molecule has 1 aromatic heterocycles. The highest BCUT2D eigenvalue weighted by Gasteiger charge is 2.48. The second kappa shape index (κ2) is 14.3. The van der Waals surface area contributed by atoms with E-state index in [1.54, 1.807) is 13.0 Å². The predicted octanol–water partition coefficient (Wildman–Crippen LogP) is 8.57. The van der Waals surface area contributed by atoms with Gasteiger partial charge in [0.15, 0.2) is 5.82 Å². The molecule has 0 radical (unpaired) electrons. The molecule has 0 amide bonds. The molecular weight excluding hydrogens is 680 g/mol. The van der Waals surface area contributed by atoms with Crippen LogP contribution in [0.25, 0.3) is 38.4 Å². The number of hydrogen-bond donors (Lipinski definition) is 2. The van der Waals surface area contributed by atoms with E-state index in [1.165, 1.54) is 18.2 Å². The fourth-order valence-corrected chi connectivity index (χ4v) is 8.23. The van der Waals surface area contributed by atoms with Crippen molar-refractivity contribution >= 4 is 50.4 Å². The van der Waals surface area contributed by atoms with Crippen molar-refractivity contribution in [2.24, 2.45) is 0 Å². The number of benzene rings is 3. The monoisotopic (exact) mass is 720 g/mol. The van der Waals surface area contributed by atoms with Crippen molar-refractivity contribution in [2.45, 2.75) is 58.5 Å². The third-order valence-electron chi connectivity index (χ3n) is 9.99. The lowest BCUT2D eigenvalue weighted by Crippen LogP contribution is -2.49. The maximum absolute atomic E-state index is 17.4. The van der Waals surface area contributed by atoms with Crippen molar-refractivity contribution in [2.75, 3.05) is 50.0 Å². The summed E-state index contributed by atoms with van der Waals surface area (Å²) in [6.45, 7) is 14.6. The molecular formula is C39H41ClF4N6O. The molecule has 4 aromatic rings. The summed E-state index contributed by atoms with van der Waals surface area (Å²) in [5, 5.41) is 4.57. The van der Waals surface area contributed by atoms with Crippen LogP contribution >= 0.6 is 11.6 Å². The molecule has 0 bridgehead atoms. The number of ether oxygens (including phenoxy) is 1. The largest absolute Gasteiger partial charge is 0.461 e. The number of nitrogens with one attached hydrogen (secondary N) is 1. The Morgan fingerprint density at radius 2 is 1.96 bits per heavy atom. The van der Waals surface area contributed by atoms with Gasteiger partial charge in [0.2, 0.25) is 0 Å². The maximum atomic E-state index is 17.4. The summed E-state index contributed by atoms with van der Waals surface area (Å²) in [4.78, 5) is 13.5. The second-order valence-corrected chi connectivity index (χ2v) is 13.7. The number of hydrogen-bond acceptors (Lipinski definition) is 7. The first-order chi connectivity index (χ1) is 24.4. The van der Waals surface area contributed by atoms with E-state index in [-0.39, 0.29) is 69.8 Å². The van der Waals surface area contributed by atoms with Gasteiger partial charge in [-0.1, -0.05) is 44.0 Å². The van der Waals surface area contributed by atoms with E-state index in [1.807, 2.05) is 30.6 Å². The van der Waals surface area contributed by atoms with Crippen molar-refractivity contribution in [3.8, 4) is 29.5 Å². The molecule has 3 aliphatic heterocycles. The number of terminal acetylenes is 1. The average Bonchev–Trinajstić information content (AvgIpc) is 3.66. The van der Waals surface area contributed by atoms with Crippen LogP contribution in [0.5, 0.6) is 6.01 Å². The number of anilines is 2. The van der Waals surface area contributed by atoms with Crippen molar-refractivity contribution < 1.29 is 22.3 Å².